The number of amides is 2. The summed E-state index contributed by atoms with van der Waals surface area (Å²) in [6.45, 7) is 3.74. The molecule has 0 spiro atoms. The van der Waals surface area contributed by atoms with E-state index in [1.807, 2.05) is 37.3 Å². The predicted octanol–water partition coefficient (Wildman–Crippen LogP) is 3.21. The van der Waals surface area contributed by atoms with Crippen molar-refractivity contribution < 1.29 is 19.1 Å². The molecule has 0 saturated heterocycles. The molecular formula is C20H22N2O4. The van der Waals surface area contributed by atoms with Crippen LogP contribution in [0.4, 0.5) is 5.69 Å². The highest BCUT2D eigenvalue weighted by Gasteiger charge is 2.13. The molecule has 0 saturated carbocycles. The van der Waals surface area contributed by atoms with Gasteiger partial charge in [0.15, 0.2) is 11.5 Å². The average Bonchev–Trinajstić information content (AvgIpc) is 2.63. The van der Waals surface area contributed by atoms with E-state index in [1.54, 1.807) is 24.3 Å². The van der Waals surface area contributed by atoms with Gasteiger partial charge >= 0.3 is 0 Å². The molecule has 0 heterocycles. The SMILES string of the molecule is CCOc1ccc(NC(=O)/C(=C/c2ccccc2)NC(C)=O)cc1OC. The van der Waals surface area contributed by atoms with Gasteiger partial charge in [0, 0.05) is 18.7 Å². The molecule has 2 aromatic carbocycles. The molecule has 0 radical (unpaired) electrons. The van der Waals surface area contributed by atoms with Crippen molar-refractivity contribution in [1.29, 1.82) is 0 Å². The number of rotatable bonds is 7. The molecule has 2 amide bonds. The molecule has 0 aliphatic rings. The summed E-state index contributed by atoms with van der Waals surface area (Å²) in [5.74, 6) is 0.342. The van der Waals surface area contributed by atoms with Gasteiger partial charge in [-0.05, 0) is 30.7 Å². The van der Waals surface area contributed by atoms with Crippen molar-refractivity contribution in [2.45, 2.75) is 13.8 Å². The van der Waals surface area contributed by atoms with E-state index in [9.17, 15) is 9.59 Å². The Morgan fingerprint density at radius 2 is 1.81 bits per heavy atom. The van der Waals surface area contributed by atoms with E-state index in [2.05, 4.69) is 10.6 Å². The van der Waals surface area contributed by atoms with Crippen LogP contribution >= 0.6 is 0 Å². The summed E-state index contributed by atoms with van der Waals surface area (Å²) in [5, 5.41) is 5.32. The van der Waals surface area contributed by atoms with Gasteiger partial charge in [-0.2, -0.15) is 0 Å². The molecule has 0 bridgehead atoms. The minimum atomic E-state index is -0.435. The Morgan fingerprint density at radius 3 is 2.42 bits per heavy atom. The number of anilines is 1. The molecule has 0 fully saturated rings. The van der Waals surface area contributed by atoms with Crippen LogP contribution in [0.5, 0.6) is 11.5 Å². The van der Waals surface area contributed by atoms with Gasteiger partial charge in [0.25, 0.3) is 5.91 Å². The normalized spacial score (nSPS) is 10.8. The van der Waals surface area contributed by atoms with Gasteiger partial charge in [-0.15, -0.1) is 0 Å². The molecule has 6 heteroatoms. The first-order valence-electron chi connectivity index (χ1n) is 8.20. The van der Waals surface area contributed by atoms with Gasteiger partial charge in [-0.3, -0.25) is 9.59 Å². The van der Waals surface area contributed by atoms with Crippen LogP contribution in [-0.4, -0.2) is 25.5 Å². The van der Waals surface area contributed by atoms with E-state index in [4.69, 9.17) is 9.47 Å². The molecule has 0 aromatic heterocycles. The van der Waals surface area contributed by atoms with Crippen molar-refractivity contribution in [2.75, 3.05) is 19.0 Å². The molecule has 2 N–H and O–H groups in total. The number of methoxy groups -OCH3 is 1. The summed E-state index contributed by atoms with van der Waals surface area (Å²) < 4.78 is 10.7. The van der Waals surface area contributed by atoms with E-state index in [0.717, 1.165) is 5.56 Å². The first-order chi connectivity index (χ1) is 12.5. The minimum Gasteiger partial charge on any atom is -0.493 e. The summed E-state index contributed by atoms with van der Waals surface area (Å²) in [5.41, 5.74) is 1.48. The number of hydrogen-bond acceptors (Lipinski definition) is 4. The summed E-state index contributed by atoms with van der Waals surface area (Å²) in [7, 11) is 1.53. The number of ether oxygens (including phenoxy) is 2. The number of carbonyl (C=O) groups excluding carboxylic acids is 2. The predicted molar refractivity (Wildman–Crippen MR) is 101 cm³/mol. The smallest absolute Gasteiger partial charge is 0.272 e. The third-order valence-electron chi connectivity index (χ3n) is 3.39. The van der Waals surface area contributed by atoms with E-state index in [1.165, 1.54) is 14.0 Å². The van der Waals surface area contributed by atoms with Crippen molar-refractivity contribution in [2.24, 2.45) is 0 Å². The van der Waals surface area contributed by atoms with Gasteiger partial charge in [-0.25, -0.2) is 0 Å². The van der Waals surface area contributed by atoms with Crippen molar-refractivity contribution >= 4 is 23.6 Å². The first-order valence-corrected chi connectivity index (χ1v) is 8.20. The fourth-order valence-corrected chi connectivity index (χ4v) is 2.28. The standard InChI is InChI=1S/C20H22N2O4/c1-4-26-18-11-10-16(13-19(18)25-3)22-20(24)17(21-14(2)23)12-15-8-6-5-7-9-15/h5-13H,4H2,1-3H3,(H,21,23)(H,22,24)/b17-12-. The zero-order valence-corrected chi connectivity index (χ0v) is 15.0. The number of benzene rings is 2. The molecular weight excluding hydrogens is 332 g/mol. The van der Waals surface area contributed by atoms with E-state index >= 15 is 0 Å². The lowest BCUT2D eigenvalue weighted by atomic mass is 10.2. The van der Waals surface area contributed by atoms with Gasteiger partial charge < -0.3 is 20.1 Å². The van der Waals surface area contributed by atoms with Crippen LogP contribution in [0, 0.1) is 0 Å². The highest BCUT2D eigenvalue weighted by molar-refractivity contribution is 6.08. The molecule has 6 nitrogen and oxygen atoms in total. The van der Waals surface area contributed by atoms with Crippen LogP contribution < -0.4 is 20.1 Å². The fourth-order valence-electron chi connectivity index (χ4n) is 2.28. The Balaban J connectivity index is 2.24. The lowest BCUT2D eigenvalue weighted by molar-refractivity contribution is -0.120. The second-order valence-corrected chi connectivity index (χ2v) is 5.40. The second kappa shape index (κ2) is 9.27. The highest BCUT2D eigenvalue weighted by atomic mass is 16.5. The molecule has 26 heavy (non-hydrogen) atoms. The van der Waals surface area contributed by atoms with E-state index in [0.29, 0.717) is 23.8 Å². The van der Waals surface area contributed by atoms with Crippen LogP contribution in [0.1, 0.15) is 19.4 Å². The second-order valence-electron chi connectivity index (χ2n) is 5.40. The Bertz CT molecular complexity index is 801. The Morgan fingerprint density at radius 1 is 1.08 bits per heavy atom. The highest BCUT2D eigenvalue weighted by Crippen LogP contribution is 2.30. The zero-order valence-electron chi connectivity index (χ0n) is 15.0. The largest absolute Gasteiger partial charge is 0.493 e. The van der Waals surface area contributed by atoms with Crippen LogP contribution in [-0.2, 0) is 9.59 Å². The molecule has 2 aromatic rings. The van der Waals surface area contributed by atoms with Crippen molar-refractivity contribution in [3.8, 4) is 11.5 Å². The Hall–Kier alpha value is -3.28. The fraction of sp³-hybridized carbons (Fsp3) is 0.200. The number of hydrogen-bond donors (Lipinski definition) is 2. The quantitative estimate of drug-likeness (QED) is 0.749. The van der Waals surface area contributed by atoms with E-state index in [-0.39, 0.29) is 11.6 Å². The maximum absolute atomic E-state index is 12.6. The maximum Gasteiger partial charge on any atom is 0.272 e. The molecule has 2 rings (SSSR count). The monoisotopic (exact) mass is 354 g/mol. The summed E-state index contributed by atoms with van der Waals surface area (Å²) in [6.07, 6.45) is 1.61. The third-order valence-corrected chi connectivity index (χ3v) is 3.39. The van der Waals surface area contributed by atoms with Gasteiger partial charge in [-0.1, -0.05) is 30.3 Å². The van der Waals surface area contributed by atoms with Crippen molar-refractivity contribution in [1.82, 2.24) is 5.32 Å². The summed E-state index contributed by atoms with van der Waals surface area (Å²) >= 11 is 0. The minimum absolute atomic E-state index is 0.150. The zero-order chi connectivity index (χ0) is 18.9. The third kappa shape index (κ3) is 5.37. The lowest BCUT2D eigenvalue weighted by Gasteiger charge is -2.13. The maximum atomic E-state index is 12.6. The molecule has 136 valence electrons. The van der Waals surface area contributed by atoms with Crippen molar-refractivity contribution in [3.05, 3.63) is 59.8 Å². The van der Waals surface area contributed by atoms with E-state index < -0.39 is 5.91 Å². The van der Waals surface area contributed by atoms with Gasteiger partial charge in [0.1, 0.15) is 5.70 Å². The Kier molecular flexibility index (Phi) is 6.79. The molecule has 0 aliphatic heterocycles. The molecule has 0 unspecified atom stereocenters. The Labute approximate surface area is 152 Å². The van der Waals surface area contributed by atoms with Crippen LogP contribution in [0.25, 0.3) is 6.08 Å². The van der Waals surface area contributed by atoms with Crippen LogP contribution in [0.15, 0.2) is 54.2 Å². The van der Waals surface area contributed by atoms with Gasteiger partial charge in [0.05, 0.1) is 13.7 Å². The van der Waals surface area contributed by atoms with Gasteiger partial charge in [0.2, 0.25) is 5.91 Å². The summed E-state index contributed by atoms with van der Waals surface area (Å²) in [6, 6.07) is 14.4. The summed E-state index contributed by atoms with van der Waals surface area (Å²) in [4.78, 5) is 24.0. The average molecular weight is 354 g/mol. The lowest BCUT2D eigenvalue weighted by Crippen LogP contribution is -2.28. The van der Waals surface area contributed by atoms with Crippen molar-refractivity contribution in [3.63, 3.8) is 0 Å². The van der Waals surface area contributed by atoms with Crippen LogP contribution in [0.2, 0.25) is 0 Å². The molecule has 0 aliphatic carbocycles. The molecule has 0 atom stereocenters. The first kappa shape index (κ1) is 19.1. The topological polar surface area (TPSA) is 76.7 Å². The number of carbonyl (C=O) groups is 2. The number of nitrogens with one attached hydrogen (secondary N) is 2. The van der Waals surface area contributed by atoms with Crippen LogP contribution in [0.3, 0.4) is 0 Å².